The Morgan fingerprint density at radius 2 is 1.89 bits per heavy atom. The Morgan fingerprint density at radius 1 is 1.07 bits per heavy atom. The maximum absolute atomic E-state index is 13.3. The van der Waals surface area contributed by atoms with Gasteiger partial charge < -0.3 is 0 Å². The second-order valence-corrected chi connectivity index (χ2v) is 8.48. The van der Waals surface area contributed by atoms with Gasteiger partial charge in [-0.15, -0.1) is 11.3 Å². The van der Waals surface area contributed by atoms with Crippen molar-refractivity contribution in [2.45, 2.75) is 39.2 Å². The lowest BCUT2D eigenvalue weighted by atomic mass is 9.89. The van der Waals surface area contributed by atoms with E-state index in [0.717, 1.165) is 33.3 Å². The van der Waals surface area contributed by atoms with Crippen LogP contribution in [0.15, 0.2) is 59.0 Å². The van der Waals surface area contributed by atoms with Crippen LogP contribution in [-0.4, -0.2) is 9.55 Å². The zero-order valence-electron chi connectivity index (χ0n) is 15.9. The van der Waals surface area contributed by atoms with Crippen LogP contribution in [0.5, 0.6) is 0 Å². The molecule has 2 aromatic carbocycles. The standard InChI is InChI=1S/C24H22N2OS/c1-16-6-2-3-9-20(16)13-26-15-25-23-22(24(26)27)21(14-28-23)19-11-10-17-7-4-5-8-18(17)12-19/h2-3,6,9-12,14-15H,4-5,7-8,13H2,1H3. The molecule has 140 valence electrons. The van der Waals surface area contributed by atoms with Crippen molar-refractivity contribution in [2.24, 2.45) is 0 Å². The fourth-order valence-electron chi connectivity index (χ4n) is 4.16. The third-order valence-corrected chi connectivity index (χ3v) is 6.71. The zero-order valence-corrected chi connectivity index (χ0v) is 16.8. The Hall–Kier alpha value is -2.72. The Kier molecular flexibility index (Phi) is 4.36. The van der Waals surface area contributed by atoms with E-state index in [9.17, 15) is 4.79 Å². The second kappa shape index (κ2) is 7.02. The van der Waals surface area contributed by atoms with E-state index in [4.69, 9.17) is 0 Å². The number of thiophene rings is 1. The van der Waals surface area contributed by atoms with E-state index in [-0.39, 0.29) is 5.56 Å². The summed E-state index contributed by atoms with van der Waals surface area (Å²) in [5, 5.41) is 2.83. The van der Waals surface area contributed by atoms with Crippen LogP contribution in [0.25, 0.3) is 21.3 Å². The van der Waals surface area contributed by atoms with Gasteiger partial charge in [0.05, 0.1) is 18.3 Å². The summed E-state index contributed by atoms with van der Waals surface area (Å²) in [5.41, 5.74) is 7.44. The van der Waals surface area contributed by atoms with Gasteiger partial charge in [0.25, 0.3) is 5.56 Å². The van der Waals surface area contributed by atoms with Crippen LogP contribution < -0.4 is 5.56 Å². The number of aromatic nitrogens is 2. The summed E-state index contributed by atoms with van der Waals surface area (Å²) in [4.78, 5) is 18.7. The highest BCUT2D eigenvalue weighted by Crippen LogP contribution is 2.33. The smallest absolute Gasteiger partial charge is 0.263 e. The molecular formula is C24H22N2OS. The molecule has 1 aliphatic carbocycles. The molecule has 2 heterocycles. The van der Waals surface area contributed by atoms with Crippen molar-refractivity contribution in [1.29, 1.82) is 0 Å². The highest BCUT2D eigenvalue weighted by Gasteiger charge is 2.16. The van der Waals surface area contributed by atoms with Crippen LogP contribution in [0.4, 0.5) is 0 Å². The van der Waals surface area contributed by atoms with E-state index in [1.165, 1.54) is 36.0 Å². The lowest BCUT2D eigenvalue weighted by Gasteiger charge is -2.16. The number of rotatable bonds is 3. The molecule has 0 saturated heterocycles. The van der Waals surface area contributed by atoms with Crippen molar-refractivity contribution < 1.29 is 0 Å². The number of fused-ring (bicyclic) bond motifs is 2. The molecule has 5 rings (SSSR count). The Labute approximate surface area is 168 Å². The summed E-state index contributed by atoms with van der Waals surface area (Å²) in [6.45, 7) is 2.63. The first-order valence-electron chi connectivity index (χ1n) is 9.84. The summed E-state index contributed by atoms with van der Waals surface area (Å²) in [7, 11) is 0. The van der Waals surface area contributed by atoms with E-state index in [1.807, 2.05) is 12.1 Å². The van der Waals surface area contributed by atoms with Gasteiger partial charge in [-0.2, -0.15) is 0 Å². The van der Waals surface area contributed by atoms with Crippen molar-refractivity contribution in [1.82, 2.24) is 9.55 Å². The molecule has 1 aliphatic rings. The molecular weight excluding hydrogens is 364 g/mol. The minimum absolute atomic E-state index is 0.0437. The van der Waals surface area contributed by atoms with Crippen LogP contribution in [0, 0.1) is 6.92 Å². The molecule has 4 heteroatoms. The van der Waals surface area contributed by atoms with Crippen LogP contribution in [0.1, 0.15) is 35.1 Å². The van der Waals surface area contributed by atoms with Crippen molar-refractivity contribution in [3.05, 3.63) is 86.8 Å². The Balaban J connectivity index is 1.61. The summed E-state index contributed by atoms with van der Waals surface area (Å²) >= 11 is 1.55. The summed E-state index contributed by atoms with van der Waals surface area (Å²) < 4.78 is 1.74. The molecule has 0 saturated carbocycles. The van der Waals surface area contributed by atoms with E-state index < -0.39 is 0 Å². The van der Waals surface area contributed by atoms with Crippen LogP contribution >= 0.6 is 11.3 Å². The fraction of sp³-hybridized carbons (Fsp3) is 0.250. The van der Waals surface area contributed by atoms with Crippen molar-refractivity contribution in [3.63, 3.8) is 0 Å². The van der Waals surface area contributed by atoms with Gasteiger partial charge in [-0.3, -0.25) is 9.36 Å². The number of hydrogen-bond donors (Lipinski definition) is 0. The summed E-state index contributed by atoms with van der Waals surface area (Å²) in [6, 6.07) is 14.9. The zero-order chi connectivity index (χ0) is 19.1. The second-order valence-electron chi connectivity index (χ2n) is 7.62. The molecule has 0 spiro atoms. The quantitative estimate of drug-likeness (QED) is 0.475. The van der Waals surface area contributed by atoms with Crippen molar-refractivity contribution in [3.8, 4) is 11.1 Å². The third kappa shape index (κ3) is 2.98. The first-order chi connectivity index (χ1) is 13.7. The van der Waals surface area contributed by atoms with E-state index >= 15 is 0 Å². The highest BCUT2D eigenvalue weighted by molar-refractivity contribution is 7.17. The molecule has 3 nitrogen and oxygen atoms in total. The SMILES string of the molecule is Cc1ccccc1Cn1cnc2scc(-c3ccc4c(c3)CCCC4)c2c1=O. The van der Waals surface area contributed by atoms with Crippen molar-refractivity contribution in [2.75, 3.05) is 0 Å². The maximum Gasteiger partial charge on any atom is 0.263 e. The molecule has 0 aliphatic heterocycles. The van der Waals surface area contributed by atoms with E-state index in [0.29, 0.717) is 6.54 Å². The Morgan fingerprint density at radius 3 is 2.75 bits per heavy atom. The average molecular weight is 387 g/mol. The van der Waals surface area contributed by atoms with Gasteiger partial charge in [0.15, 0.2) is 0 Å². The van der Waals surface area contributed by atoms with Gasteiger partial charge >= 0.3 is 0 Å². The first kappa shape index (κ1) is 17.4. The molecule has 0 bridgehead atoms. The average Bonchev–Trinajstić information content (AvgIpc) is 3.16. The molecule has 0 unspecified atom stereocenters. The van der Waals surface area contributed by atoms with Gasteiger partial charge in [-0.05, 0) is 60.4 Å². The predicted octanol–water partition coefficient (Wildman–Crippen LogP) is 5.36. The largest absolute Gasteiger partial charge is 0.294 e. The number of benzene rings is 2. The number of nitrogens with zero attached hydrogens (tertiary/aromatic N) is 2. The maximum atomic E-state index is 13.3. The van der Waals surface area contributed by atoms with Gasteiger partial charge in [0, 0.05) is 10.9 Å². The van der Waals surface area contributed by atoms with Crippen molar-refractivity contribution >= 4 is 21.6 Å². The summed E-state index contributed by atoms with van der Waals surface area (Å²) in [5.74, 6) is 0. The minimum Gasteiger partial charge on any atom is -0.294 e. The molecule has 28 heavy (non-hydrogen) atoms. The minimum atomic E-state index is 0.0437. The number of hydrogen-bond acceptors (Lipinski definition) is 3. The lowest BCUT2D eigenvalue weighted by Crippen LogP contribution is -2.21. The lowest BCUT2D eigenvalue weighted by molar-refractivity contribution is 0.686. The van der Waals surface area contributed by atoms with Crippen LogP contribution in [0.3, 0.4) is 0 Å². The molecule has 0 N–H and O–H groups in total. The Bertz CT molecular complexity index is 1240. The molecule has 0 atom stereocenters. The van der Waals surface area contributed by atoms with Gasteiger partial charge in [-0.25, -0.2) is 4.98 Å². The predicted molar refractivity (Wildman–Crippen MR) is 116 cm³/mol. The van der Waals surface area contributed by atoms with E-state index in [2.05, 4.69) is 47.6 Å². The normalized spacial score (nSPS) is 13.6. The molecule has 0 amide bonds. The topological polar surface area (TPSA) is 34.9 Å². The highest BCUT2D eigenvalue weighted by atomic mass is 32.1. The van der Waals surface area contributed by atoms with Gasteiger partial charge in [0.1, 0.15) is 4.83 Å². The fourth-order valence-corrected chi connectivity index (χ4v) is 5.07. The van der Waals surface area contributed by atoms with Crippen LogP contribution in [-0.2, 0) is 19.4 Å². The van der Waals surface area contributed by atoms with Gasteiger partial charge in [0.2, 0.25) is 0 Å². The number of aryl methyl sites for hydroxylation is 3. The third-order valence-electron chi connectivity index (χ3n) is 5.82. The van der Waals surface area contributed by atoms with E-state index in [1.54, 1.807) is 22.2 Å². The molecule has 0 fully saturated rings. The summed E-state index contributed by atoms with van der Waals surface area (Å²) in [6.07, 6.45) is 6.53. The molecule has 4 aromatic rings. The monoisotopic (exact) mass is 386 g/mol. The van der Waals surface area contributed by atoms with Gasteiger partial charge in [-0.1, -0.05) is 42.5 Å². The molecule has 0 radical (unpaired) electrons. The first-order valence-corrected chi connectivity index (χ1v) is 10.7. The van der Waals surface area contributed by atoms with Crippen LogP contribution in [0.2, 0.25) is 0 Å². The molecule has 2 aromatic heterocycles.